The van der Waals surface area contributed by atoms with Crippen LogP contribution in [0.15, 0.2) is 0 Å². The van der Waals surface area contributed by atoms with Crippen molar-refractivity contribution in [3.63, 3.8) is 0 Å². The predicted octanol–water partition coefficient (Wildman–Crippen LogP) is 0.602. The molecule has 0 aromatic rings. The molecular weight excluding hydrogens is 115 g/mol. The number of carbonyl (C=O) groups excluding carboxylic acids is 1. The Labute approximate surface area is 47.4 Å². The van der Waals surface area contributed by atoms with E-state index in [9.17, 15) is 4.79 Å². The quantitative estimate of drug-likeness (QED) is 0.304. The monoisotopic (exact) mass is 121 g/mol. The van der Waals surface area contributed by atoms with Gasteiger partial charge in [-0.2, -0.15) is 0 Å². The fourth-order valence-corrected chi connectivity index (χ4v) is 0.230. The Morgan fingerprint density at radius 3 is 2.57 bits per heavy atom. The molecular formula is C4H6ClO2+. The largest absolute Gasteiger partial charge is 0.422 e. The first kappa shape index (κ1) is 6.63. The predicted molar refractivity (Wildman–Crippen MR) is 27.0 cm³/mol. The molecule has 0 saturated heterocycles. The molecule has 2 nitrogen and oxygen atoms in total. The molecule has 0 radical (unpaired) electrons. The second-order valence-corrected chi connectivity index (χ2v) is 1.12. The molecule has 0 saturated carbocycles. The van der Waals surface area contributed by atoms with Crippen LogP contribution in [0.1, 0.15) is 0 Å². The Morgan fingerprint density at radius 1 is 1.86 bits per heavy atom. The van der Waals surface area contributed by atoms with Crippen molar-refractivity contribution < 1.29 is 9.53 Å². The summed E-state index contributed by atoms with van der Waals surface area (Å²) < 4.78 is 4.31. The lowest BCUT2D eigenvalue weighted by molar-refractivity contribution is -0.139. The molecule has 0 N–H and O–H groups in total. The third kappa shape index (κ3) is 3.46. The number of alkyl halides is 1. The summed E-state index contributed by atoms with van der Waals surface area (Å²) in [5.74, 6) is -0.508. The number of ether oxygens (including phenoxy) is 1. The van der Waals surface area contributed by atoms with Crippen molar-refractivity contribution in [3.8, 4) is 0 Å². The molecule has 40 valence electrons. The van der Waals surface area contributed by atoms with E-state index >= 15 is 0 Å². The number of hydrogen-bond acceptors (Lipinski definition) is 2. The number of carbonyl (C=O) groups is 1. The van der Waals surface area contributed by atoms with Gasteiger partial charge in [-0.1, -0.05) is 0 Å². The average Bonchev–Trinajstić information content (AvgIpc) is 1.68. The van der Waals surface area contributed by atoms with Gasteiger partial charge in [-0.15, -0.1) is 11.6 Å². The lowest BCUT2D eigenvalue weighted by Crippen LogP contribution is -2.04. The van der Waals surface area contributed by atoms with Gasteiger partial charge in [0.05, 0.1) is 0 Å². The third-order valence-electron chi connectivity index (χ3n) is 0.372. The van der Waals surface area contributed by atoms with Crippen molar-refractivity contribution >= 4 is 17.6 Å². The van der Waals surface area contributed by atoms with E-state index < -0.39 is 5.97 Å². The summed E-state index contributed by atoms with van der Waals surface area (Å²) in [6.07, 6.45) is 0. The van der Waals surface area contributed by atoms with Crippen LogP contribution in [-0.4, -0.2) is 18.5 Å². The Morgan fingerprint density at radius 2 is 2.43 bits per heavy atom. The molecule has 0 spiro atoms. The highest BCUT2D eigenvalue weighted by molar-refractivity contribution is 6.26. The van der Waals surface area contributed by atoms with Crippen molar-refractivity contribution in [1.82, 2.24) is 0 Å². The van der Waals surface area contributed by atoms with Gasteiger partial charge in [0.25, 0.3) is 0 Å². The van der Waals surface area contributed by atoms with Crippen LogP contribution in [0, 0.1) is 6.92 Å². The van der Waals surface area contributed by atoms with Crippen LogP contribution >= 0.6 is 11.6 Å². The van der Waals surface area contributed by atoms with E-state index in [0.717, 1.165) is 0 Å². The first-order chi connectivity index (χ1) is 3.31. The van der Waals surface area contributed by atoms with Crippen molar-refractivity contribution in [2.75, 3.05) is 12.5 Å². The van der Waals surface area contributed by atoms with E-state index in [1.807, 2.05) is 0 Å². The molecule has 0 fully saturated rings. The molecule has 7 heavy (non-hydrogen) atoms. The second kappa shape index (κ2) is 3.81. The van der Waals surface area contributed by atoms with Gasteiger partial charge in [0, 0.05) is 0 Å². The summed E-state index contributed by atoms with van der Waals surface area (Å²) in [4.78, 5) is 10.0. The maximum Gasteiger partial charge on any atom is 0.324 e. The van der Waals surface area contributed by atoms with E-state index in [2.05, 4.69) is 11.7 Å². The normalized spacial score (nSPS) is 8.14. The molecule has 0 amide bonds. The first-order valence-electron chi connectivity index (χ1n) is 1.82. The minimum atomic E-state index is -0.420. The highest BCUT2D eigenvalue weighted by Crippen LogP contribution is 1.79. The van der Waals surface area contributed by atoms with E-state index in [4.69, 9.17) is 11.6 Å². The highest BCUT2D eigenvalue weighted by atomic mass is 35.5. The first-order valence-corrected chi connectivity index (χ1v) is 2.35. The Kier molecular flexibility index (Phi) is 3.61. The minimum absolute atomic E-state index is 0.0878. The van der Waals surface area contributed by atoms with Crippen LogP contribution in [-0.2, 0) is 9.53 Å². The van der Waals surface area contributed by atoms with Gasteiger partial charge in [-0.3, -0.25) is 4.79 Å². The van der Waals surface area contributed by atoms with Crippen molar-refractivity contribution in [2.45, 2.75) is 0 Å². The number of rotatable bonds is 2. The summed E-state index contributed by atoms with van der Waals surface area (Å²) >= 11 is 5.03. The summed E-state index contributed by atoms with van der Waals surface area (Å²) in [5.41, 5.74) is 0. The van der Waals surface area contributed by atoms with E-state index in [0.29, 0.717) is 0 Å². The summed E-state index contributed by atoms with van der Waals surface area (Å²) in [6.45, 7) is 3.43. The highest BCUT2D eigenvalue weighted by Gasteiger charge is 1.95. The van der Waals surface area contributed by atoms with Crippen LogP contribution in [0.25, 0.3) is 0 Å². The summed E-state index contributed by atoms with van der Waals surface area (Å²) in [5, 5.41) is 0. The zero-order valence-corrected chi connectivity index (χ0v) is 4.57. The van der Waals surface area contributed by atoms with E-state index in [1.54, 1.807) is 0 Å². The second-order valence-electron chi connectivity index (χ2n) is 0.854. The molecule has 3 heteroatoms. The summed E-state index contributed by atoms with van der Waals surface area (Å²) in [6, 6.07) is 0. The molecule has 0 unspecified atom stereocenters. The standard InChI is InChI=1S/C4H6ClO2/c1-2-7-4(6)3-5/h1-3H2/q+1. The molecule has 0 aromatic heterocycles. The fourth-order valence-electron chi connectivity index (χ4n) is 0.152. The van der Waals surface area contributed by atoms with Gasteiger partial charge in [0.1, 0.15) is 12.8 Å². The molecule has 0 heterocycles. The van der Waals surface area contributed by atoms with Crippen LogP contribution in [0.2, 0.25) is 0 Å². The average molecular weight is 122 g/mol. The summed E-state index contributed by atoms with van der Waals surface area (Å²) in [7, 11) is 0. The SMILES string of the molecule is [CH2+]COC(=O)CCl. The van der Waals surface area contributed by atoms with Crippen molar-refractivity contribution in [1.29, 1.82) is 0 Å². The Balaban J connectivity index is 3.00. The van der Waals surface area contributed by atoms with E-state index in [-0.39, 0.29) is 12.5 Å². The molecule has 0 atom stereocenters. The third-order valence-corrected chi connectivity index (χ3v) is 0.590. The molecule has 0 aromatic carbocycles. The van der Waals surface area contributed by atoms with Gasteiger partial charge in [-0.25, -0.2) is 0 Å². The zero-order valence-electron chi connectivity index (χ0n) is 3.82. The lowest BCUT2D eigenvalue weighted by atomic mass is 10.8. The van der Waals surface area contributed by atoms with Gasteiger partial charge < -0.3 is 4.74 Å². The number of esters is 1. The number of halogens is 1. The number of hydrogen-bond donors (Lipinski definition) is 0. The molecule has 0 aliphatic heterocycles. The van der Waals surface area contributed by atoms with Gasteiger partial charge >= 0.3 is 5.97 Å². The van der Waals surface area contributed by atoms with Gasteiger partial charge in [-0.05, 0) is 0 Å². The smallest absolute Gasteiger partial charge is 0.324 e. The van der Waals surface area contributed by atoms with Crippen LogP contribution in [0.5, 0.6) is 0 Å². The topological polar surface area (TPSA) is 26.3 Å². The Hall–Kier alpha value is -0.370. The van der Waals surface area contributed by atoms with Crippen LogP contribution < -0.4 is 0 Å². The molecule has 0 aliphatic rings. The van der Waals surface area contributed by atoms with Crippen molar-refractivity contribution in [2.24, 2.45) is 0 Å². The maximum absolute atomic E-state index is 10.0. The fraction of sp³-hybridized carbons (Fsp3) is 0.500. The molecule has 0 bridgehead atoms. The van der Waals surface area contributed by atoms with Gasteiger partial charge in [0.2, 0.25) is 6.61 Å². The van der Waals surface area contributed by atoms with Gasteiger partial charge in [0.15, 0.2) is 0 Å². The Bertz CT molecular complexity index is 62.7. The maximum atomic E-state index is 10.0. The van der Waals surface area contributed by atoms with Crippen LogP contribution in [0.3, 0.4) is 0 Å². The van der Waals surface area contributed by atoms with E-state index in [1.165, 1.54) is 0 Å². The molecule has 0 rings (SSSR count). The lowest BCUT2D eigenvalue weighted by Gasteiger charge is -1.88. The van der Waals surface area contributed by atoms with Crippen molar-refractivity contribution in [3.05, 3.63) is 6.92 Å². The minimum Gasteiger partial charge on any atom is -0.422 e. The molecule has 0 aliphatic carbocycles. The zero-order chi connectivity index (χ0) is 5.70. The van der Waals surface area contributed by atoms with Crippen LogP contribution in [0.4, 0.5) is 0 Å².